The Hall–Kier alpha value is -2.54. The van der Waals surface area contributed by atoms with E-state index < -0.39 is 9.84 Å². The average Bonchev–Trinajstić information content (AvgIpc) is 2.70. The van der Waals surface area contributed by atoms with Crippen LogP contribution in [0.15, 0.2) is 65.6 Å². The molecule has 1 N–H and O–H groups in total. The molecule has 1 heterocycles. The summed E-state index contributed by atoms with van der Waals surface area (Å²) in [5.41, 5.74) is 0. The molecule has 1 fully saturated rings. The zero-order chi connectivity index (χ0) is 19.1. The number of carbonyl (C=O) groups excluding carboxylic acids is 1. The highest BCUT2D eigenvalue weighted by molar-refractivity contribution is 7.91. The van der Waals surface area contributed by atoms with Gasteiger partial charge in [-0.15, -0.1) is 0 Å². The number of amides is 2. The van der Waals surface area contributed by atoms with Gasteiger partial charge in [-0.05, 0) is 24.3 Å². The first-order valence-electron chi connectivity index (χ1n) is 9.07. The lowest BCUT2D eigenvalue weighted by Gasteiger charge is -2.32. The molecule has 3 rings (SSSR count). The van der Waals surface area contributed by atoms with Gasteiger partial charge in [0.25, 0.3) is 0 Å². The predicted octanol–water partition coefficient (Wildman–Crippen LogP) is 2.71. The second kappa shape index (κ2) is 8.90. The number of carbonyl (C=O) groups is 1. The Morgan fingerprint density at radius 2 is 1.59 bits per heavy atom. The zero-order valence-corrected chi connectivity index (χ0v) is 15.9. The summed E-state index contributed by atoms with van der Waals surface area (Å²) in [6, 6.07) is 17.7. The molecule has 2 aromatic carbocycles. The third kappa shape index (κ3) is 5.47. The van der Waals surface area contributed by atoms with E-state index in [0.29, 0.717) is 13.1 Å². The summed E-state index contributed by atoms with van der Waals surface area (Å²) in [7, 11) is -3.38. The molecule has 1 saturated heterocycles. The minimum absolute atomic E-state index is 0.0925. The quantitative estimate of drug-likeness (QED) is 0.826. The van der Waals surface area contributed by atoms with Crippen molar-refractivity contribution in [3.8, 4) is 5.75 Å². The summed E-state index contributed by atoms with van der Waals surface area (Å²) in [4.78, 5) is 14.2. The van der Waals surface area contributed by atoms with E-state index in [4.69, 9.17) is 4.74 Å². The first-order valence-corrected chi connectivity index (χ1v) is 10.7. The van der Waals surface area contributed by atoms with Crippen molar-refractivity contribution in [3.05, 3.63) is 60.7 Å². The topological polar surface area (TPSA) is 75.7 Å². The standard InChI is InChI=1S/C20H24N2O4S/c23-20(21-13-16-27(24,25)19-9-5-2-6-10-19)22-14-11-18(12-15-22)26-17-7-3-1-4-8-17/h1-10,18H,11-16H2,(H,21,23). The summed E-state index contributed by atoms with van der Waals surface area (Å²) in [5.74, 6) is 0.725. The molecule has 27 heavy (non-hydrogen) atoms. The van der Waals surface area contributed by atoms with Gasteiger partial charge in [0.1, 0.15) is 11.9 Å². The molecule has 1 aliphatic rings. The molecule has 6 nitrogen and oxygen atoms in total. The van der Waals surface area contributed by atoms with Crippen molar-refractivity contribution in [2.75, 3.05) is 25.4 Å². The van der Waals surface area contributed by atoms with Crippen LogP contribution in [-0.4, -0.2) is 50.8 Å². The second-order valence-corrected chi connectivity index (χ2v) is 8.59. The number of rotatable bonds is 6. The van der Waals surface area contributed by atoms with E-state index in [1.165, 1.54) is 0 Å². The van der Waals surface area contributed by atoms with Crippen LogP contribution in [-0.2, 0) is 9.84 Å². The third-order valence-electron chi connectivity index (χ3n) is 4.52. The molecule has 2 amide bonds. The zero-order valence-electron chi connectivity index (χ0n) is 15.1. The highest BCUT2D eigenvalue weighted by Gasteiger charge is 2.24. The van der Waals surface area contributed by atoms with Crippen LogP contribution >= 0.6 is 0 Å². The van der Waals surface area contributed by atoms with Crippen molar-refractivity contribution in [1.29, 1.82) is 0 Å². The fourth-order valence-electron chi connectivity index (χ4n) is 3.02. The SMILES string of the molecule is O=C(NCCS(=O)(=O)c1ccccc1)N1CCC(Oc2ccccc2)CC1. The molecule has 0 radical (unpaired) electrons. The van der Waals surface area contributed by atoms with Gasteiger partial charge in [0.2, 0.25) is 0 Å². The van der Waals surface area contributed by atoms with Gasteiger partial charge in [0, 0.05) is 32.5 Å². The minimum atomic E-state index is -3.38. The van der Waals surface area contributed by atoms with Gasteiger partial charge >= 0.3 is 6.03 Å². The van der Waals surface area contributed by atoms with E-state index in [9.17, 15) is 13.2 Å². The molecule has 0 spiro atoms. The molecular weight excluding hydrogens is 364 g/mol. The number of nitrogens with one attached hydrogen (secondary N) is 1. The minimum Gasteiger partial charge on any atom is -0.490 e. The van der Waals surface area contributed by atoms with E-state index in [2.05, 4.69) is 5.32 Å². The number of ether oxygens (including phenoxy) is 1. The molecule has 7 heteroatoms. The van der Waals surface area contributed by atoms with Crippen molar-refractivity contribution in [3.63, 3.8) is 0 Å². The van der Waals surface area contributed by atoms with Crippen LogP contribution in [0.25, 0.3) is 0 Å². The van der Waals surface area contributed by atoms with Gasteiger partial charge in [0.15, 0.2) is 9.84 Å². The van der Waals surface area contributed by atoms with Gasteiger partial charge < -0.3 is 15.0 Å². The molecular formula is C20H24N2O4S. The summed E-state index contributed by atoms with van der Waals surface area (Å²) < 4.78 is 30.4. The lowest BCUT2D eigenvalue weighted by molar-refractivity contribution is 0.111. The Kier molecular flexibility index (Phi) is 6.34. The monoisotopic (exact) mass is 388 g/mol. The number of hydrogen-bond donors (Lipinski definition) is 1. The number of benzene rings is 2. The van der Waals surface area contributed by atoms with E-state index in [0.717, 1.165) is 18.6 Å². The number of sulfone groups is 1. The molecule has 1 aliphatic heterocycles. The van der Waals surface area contributed by atoms with E-state index >= 15 is 0 Å². The highest BCUT2D eigenvalue weighted by Crippen LogP contribution is 2.18. The number of hydrogen-bond acceptors (Lipinski definition) is 4. The van der Waals surface area contributed by atoms with Crippen molar-refractivity contribution >= 4 is 15.9 Å². The molecule has 0 atom stereocenters. The Labute approximate surface area is 160 Å². The van der Waals surface area contributed by atoms with Crippen LogP contribution in [0.5, 0.6) is 5.75 Å². The predicted molar refractivity (Wildman–Crippen MR) is 104 cm³/mol. The van der Waals surface area contributed by atoms with Gasteiger partial charge in [-0.25, -0.2) is 13.2 Å². The Balaban J connectivity index is 1.41. The van der Waals surface area contributed by atoms with Gasteiger partial charge in [-0.1, -0.05) is 36.4 Å². The van der Waals surface area contributed by atoms with Crippen molar-refractivity contribution in [2.24, 2.45) is 0 Å². The number of piperidine rings is 1. The maximum Gasteiger partial charge on any atom is 0.317 e. The summed E-state index contributed by atoms with van der Waals surface area (Å²) in [5, 5.41) is 2.71. The Bertz CT molecular complexity index is 833. The third-order valence-corrected chi connectivity index (χ3v) is 6.26. The van der Waals surface area contributed by atoms with E-state index in [1.54, 1.807) is 35.2 Å². The van der Waals surface area contributed by atoms with Crippen molar-refractivity contribution < 1.29 is 17.9 Å². The molecule has 2 aromatic rings. The maximum atomic E-state index is 12.3. The van der Waals surface area contributed by atoms with Crippen LogP contribution in [0.3, 0.4) is 0 Å². The fourth-order valence-corrected chi connectivity index (χ4v) is 4.20. The molecule has 0 aliphatic carbocycles. The van der Waals surface area contributed by atoms with Gasteiger partial charge in [-0.2, -0.15) is 0 Å². The fraction of sp³-hybridized carbons (Fsp3) is 0.350. The summed E-state index contributed by atoms with van der Waals surface area (Å²) in [6.07, 6.45) is 1.60. The lowest BCUT2D eigenvalue weighted by Crippen LogP contribution is -2.47. The van der Waals surface area contributed by atoms with Crippen LogP contribution in [0, 0.1) is 0 Å². The van der Waals surface area contributed by atoms with Gasteiger partial charge in [0.05, 0.1) is 10.6 Å². The van der Waals surface area contributed by atoms with Crippen LogP contribution < -0.4 is 10.1 Å². The second-order valence-electron chi connectivity index (χ2n) is 6.48. The summed E-state index contributed by atoms with van der Waals surface area (Å²) >= 11 is 0. The molecule has 144 valence electrons. The van der Waals surface area contributed by atoms with Gasteiger partial charge in [-0.3, -0.25) is 0 Å². The normalized spacial score (nSPS) is 15.3. The largest absolute Gasteiger partial charge is 0.490 e. The van der Waals surface area contributed by atoms with Crippen LogP contribution in [0.1, 0.15) is 12.8 Å². The average molecular weight is 388 g/mol. The maximum absolute atomic E-state index is 12.3. The Morgan fingerprint density at radius 1 is 1.00 bits per heavy atom. The molecule has 0 aromatic heterocycles. The number of para-hydroxylation sites is 1. The lowest BCUT2D eigenvalue weighted by atomic mass is 10.1. The Morgan fingerprint density at radius 3 is 2.22 bits per heavy atom. The molecule has 0 unspecified atom stereocenters. The number of likely N-dealkylation sites (tertiary alicyclic amines) is 1. The molecule has 0 bridgehead atoms. The smallest absolute Gasteiger partial charge is 0.317 e. The van der Waals surface area contributed by atoms with Crippen LogP contribution in [0.4, 0.5) is 4.79 Å². The number of nitrogens with zero attached hydrogens (tertiary/aromatic N) is 1. The van der Waals surface area contributed by atoms with Crippen molar-refractivity contribution in [2.45, 2.75) is 23.8 Å². The van der Waals surface area contributed by atoms with E-state index in [-0.39, 0.29) is 29.3 Å². The first kappa shape index (κ1) is 19.2. The summed E-state index contributed by atoms with van der Waals surface area (Å²) in [6.45, 7) is 1.28. The van der Waals surface area contributed by atoms with Crippen LogP contribution in [0.2, 0.25) is 0 Å². The number of urea groups is 1. The first-order chi connectivity index (χ1) is 13.0. The highest BCUT2D eigenvalue weighted by atomic mass is 32.2. The van der Waals surface area contributed by atoms with Crippen molar-refractivity contribution in [1.82, 2.24) is 10.2 Å². The molecule has 0 saturated carbocycles. The van der Waals surface area contributed by atoms with E-state index in [1.807, 2.05) is 30.3 Å².